The van der Waals surface area contributed by atoms with Crippen LogP contribution in [0.3, 0.4) is 0 Å². The van der Waals surface area contributed by atoms with Crippen molar-refractivity contribution in [3.05, 3.63) is 70.2 Å². The quantitative estimate of drug-likeness (QED) is 0.536. The van der Waals surface area contributed by atoms with Gasteiger partial charge in [0.1, 0.15) is 0 Å². The highest BCUT2D eigenvalue weighted by molar-refractivity contribution is 6.30. The van der Waals surface area contributed by atoms with Crippen LogP contribution < -0.4 is 10.6 Å². The normalized spacial score (nSPS) is 15.0. The smallest absolute Gasteiger partial charge is 0.253 e. The summed E-state index contributed by atoms with van der Waals surface area (Å²) < 4.78 is 0. The molecule has 0 aliphatic heterocycles. The molecule has 2 aromatic rings. The van der Waals surface area contributed by atoms with Crippen molar-refractivity contribution in [3.8, 4) is 0 Å². The first-order chi connectivity index (χ1) is 13.9. The van der Waals surface area contributed by atoms with Crippen LogP contribution in [-0.2, 0) is 12.0 Å². The summed E-state index contributed by atoms with van der Waals surface area (Å²) in [7, 11) is 3.51. The largest absolute Gasteiger partial charge is 0.357 e. The van der Waals surface area contributed by atoms with Gasteiger partial charge in [0, 0.05) is 43.2 Å². The van der Waals surface area contributed by atoms with E-state index in [4.69, 9.17) is 16.6 Å². The van der Waals surface area contributed by atoms with E-state index in [0.29, 0.717) is 12.1 Å². The van der Waals surface area contributed by atoms with Crippen LogP contribution in [0.25, 0.3) is 0 Å². The van der Waals surface area contributed by atoms with Crippen LogP contribution in [0, 0.1) is 0 Å². The molecule has 0 radical (unpaired) electrons. The number of hydrogen-bond acceptors (Lipinski definition) is 2. The molecule has 1 aliphatic rings. The number of carbonyl (C=O) groups excluding carboxylic acids is 1. The van der Waals surface area contributed by atoms with Gasteiger partial charge >= 0.3 is 0 Å². The Labute approximate surface area is 178 Å². The monoisotopic (exact) mass is 412 g/mol. The van der Waals surface area contributed by atoms with E-state index in [2.05, 4.69) is 29.7 Å². The fourth-order valence-corrected chi connectivity index (χ4v) is 3.50. The maximum Gasteiger partial charge on any atom is 0.253 e. The second-order valence-corrected chi connectivity index (χ2v) is 8.17. The second kappa shape index (κ2) is 9.31. The van der Waals surface area contributed by atoms with E-state index < -0.39 is 0 Å². The molecule has 0 aromatic heterocycles. The minimum absolute atomic E-state index is 0.00537. The lowest BCUT2D eigenvalue weighted by Gasteiger charge is -2.19. The number of amides is 1. The minimum Gasteiger partial charge on any atom is -0.357 e. The Balaban J connectivity index is 1.62. The molecular weight excluding hydrogens is 384 g/mol. The third-order valence-corrected chi connectivity index (χ3v) is 5.49. The third-order valence-electron chi connectivity index (χ3n) is 5.26. The lowest BCUT2D eigenvalue weighted by atomic mass is 9.96. The molecular formula is C23H29ClN4O. The Kier molecular flexibility index (Phi) is 6.80. The van der Waals surface area contributed by atoms with Gasteiger partial charge in [-0.1, -0.05) is 35.9 Å². The van der Waals surface area contributed by atoms with Crippen molar-refractivity contribution in [1.29, 1.82) is 0 Å². The van der Waals surface area contributed by atoms with Crippen LogP contribution in [0.15, 0.2) is 53.5 Å². The van der Waals surface area contributed by atoms with Crippen LogP contribution in [0.1, 0.15) is 41.3 Å². The molecule has 5 nitrogen and oxygen atoms in total. The zero-order valence-corrected chi connectivity index (χ0v) is 18.1. The lowest BCUT2D eigenvalue weighted by molar-refractivity contribution is 0.0827. The number of halogens is 1. The number of carbonyl (C=O) groups is 1. The van der Waals surface area contributed by atoms with E-state index in [9.17, 15) is 4.79 Å². The number of nitrogens with zero attached hydrogens (tertiary/aromatic N) is 2. The molecule has 2 aromatic carbocycles. The number of benzene rings is 2. The van der Waals surface area contributed by atoms with Gasteiger partial charge in [-0.3, -0.25) is 4.79 Å². The van der Waals surface area contributed by atoms with Crippen LogP contribution in [0.5, 0.6) is 0 Å². The molecule has 1 amide bonds. The Morgan fingerprint density at radius 1 is 1.14 bits per heavy atom. The summed E-state index contributed by atoms with van der Waals surface area (Å²) in [6, 6.07) is 15.8. The van der Waals surface area contributed by atoms with Gasteiger partial charge in [0.05, 0.1) is 6.54 Å². The fraction of sp³-hybridized carbons (Fsp3) is 0.391. The predicted molar refractivity (Wildman–Crippen MR) is 120 cm³/mol. The summed E-state index contributed by atoms with van der Waals surface area (Å²) in [5, 5.41) is 7.59. The average Bonchev–Trinajstić information content (AvgIpc) is 3.51. The third kappa shape index (κ3) is 5.51. The van der Waals surface area contributed by atoms with E-state index in [1.807, 2.05) is 36.4 Å². The molecule has 1 saturated carbocycles. The number of guanidine groups is 1. The molecule has 1 aliphatic carbocycles. The number of aliphatic imine (C=N–C) groups is 1. The van der Waals surface area contributed by atoms with Crippen LogP contribution >= 0.6 is 11.6 Å². The number of hydrogen-bond donors (Lipinski definition) is 2. The highest BCUT2D eigenvalue weighted by atomic mass is 35.5. The maximum absolute atomic E-state index is 12.0. The summed E-state index contributed by atoms with van der Waals surface area (Å²) >= 11 is 6.18. The SMILES string of the molecule is CCNC(=NCc1ccc(C(=O)N(C)C)cc1)NCC1(c2cccc(Cl)c2)CC1. The molecule has 29 heavy (non-hydrogen) atoms. The maximum atomic E-state index is 12.0. The predicted octanol–water partition coefficient (Wildman–Crippen LogP) is 3.83. The molecule has 0 heterocycles. The molecule has 1 fully saturated rings. The van der Waals surface area contributed by atoms with Gasteiger partial charge < -0.3 is 15.5 Å². The summed E-state index contributed by atoms with van der Waals surface area (Å²) in [6.45, 7) is 4.24. The second-order valence-electron chi connectivity index (χ2n) is 7.74. The van der Waals surface area contributed by atoms with E-state index in [0.717, 1.165) is 42.5 Å². The van der Waals surface area contributed by atoms with E-state index in [1.165, 1.54) is 5.56 Å². The molecule has 0 spiro atoms. The lowest BCUT2D eigenvalue weighted by Crippen LogP contribution is -2.41. The molecule has 154 valence electrons. The van der Waals surface area contributed by atoms with Crippen molar-refractivity contribution in [1.82, 2.24) is 15.5 Å². The van der Waals surface area contributed by atoms with Crippen LogP contribution in [0.2, 0.25) is 5.02 Å². The van der Waals surface area contributed by atoms with Gasteiger partial charge in [0.15, 0.2) is 5.96 Å². The Morgan fingerprint density at radius 2 is 1.86 bits per heavy atom. The fourth-order valence-electron chi connectivity index (χ4n) is 3.31. The van der Waals surface area contributed by atoms with Crippen LogP contribution in [-0.4, -0.2) is 44.0 Å². The first-order valence-corrected chi connectivity index (χ1v) is 10.4. The van der Waals surface area contributed by atoms with E-state index >= 15 is 0 Å². The van der Waals surface area contributed by atoms with Gasteiger partial charge in [0.25, 0.3) is 5.91 Å². The average molecular weight is 413 g/mol. The number of nitrogens with one attached hydrogen (secondary N) is 2. The van der Waals surface area contributed by atoms with Gasteiger partial charge in [-0.05, 0) is 55.2 Å². The summed E-state index contributed by atoms with van der Waals surface area (Å²) in [5.41, 5.74) is 3.18. The van der Waals surface area contributed by atoms with Crippen molar-refractivity contribution >= 4 is 23.5 Å². The van der Waals surface area contributed by atoms with Crippen molar-refractivity contribution in [2.45, 2.75) is 31.7 Å². The van der Waals surface area contributed by atoms with Crippen molar-refractivity contribution in [2.75, 3.05) is 27.2 Å². The molecule has 0 saturated heterocycles. The highest BCUT2D eigenvalue weighted by Gasteiger charge is 2.44. The Bertz CT molecular complexity index is 873. The molecule has 0 atom stereocenters. The van der Waals surface area contributed by atoms with E-state index in [-0.39, 0.29) is 11.3 Å². The molecule has 2 N–H and O–H groups in total. The summed E-state index contributed by atoms with van der Waals surface area (Å²) in [6.07, 6.45) is 2.31. The number of rotatable bonds is 7. The van der Waals surface area contributed by atoms with Gasteiger partial charge in [-0.25, -0.2) is 4.99 Å². The highest BCUT2D eigenvalue weighted by Crippen LogP contribution is 2.48. The molecule has 6 heteroatoms. The van der Waals surface area contributed by atoms with Gasteiger partial charge in [0.2, 0.25) is 0 Å². The first kappa shape index (κ1) is 21.2. The Morgan fingerprint density at radius 3 is 2.45 bits per heavy atom. The van der Waals surface area contributed by atoms with E-state index in [1.54, 1.807) is 19.0 Å². The molecule has 0 unspecified atom stereocenters. The van der Waals surface area contributed by atoms with Crippen LogP contribution in [0.4, 0.5) is 0 Å². The topological polar surface area (TPSA) is 56.7 Å². The summed E-state index contributed by atoms with van der Waals surface area (Å²) in [5.74, 6) is 0.806. The zero-order chi connectivity index (χ0) is 20.9. The van der Waals surface area contributed by atoms with Crippen molar-refractivity contribution in [3.63, 3.8) is 0 Å². The Hall–Kier alpha value is -2.53. The minimum atomic E-state index is 0.00537. The molecule has 3 rings (SSSR count). The van der Waals surface area contributed by atoms with Crippen molar-refractivity contribution in [2.24, 2.45) is 4.99 Å². The van der Waals surface area contributed by atoms with Gasteiger partial charge in [-0.15, -0.1) is 0 Å². The first-order valence-electron chi connectivity index (χ1n) is 10.0. The summed E-state index contributed by atoms with van der Waals surface area (Å²) in [4.78, 5) is 18.3. The standard InChI is InChI=1S/C23H29ClN4O/c1-4-25-22(26-15-17-8-10-18(11-9-17)21(29)28(2)3)27-16-23(12-13-23)19-6-5-7-20(24)14-19/h5-11,14H,4,12-13,15-16H2,1-3H3,(H2,25,26,27). The zero-order valence-electron chi connectivity index (χ0n) is 17.3. The van der Waals surface area contributed by atoms with Crippen molar-refractivity contribution < 1.29 is 4.79 Å². The molecule has 0 bridgehead atoms. The van der Waals surface area contributed by atoms with Gasteiger partial charge in [-0.2, -0.15) is 0 Å².